The summed E-state index contributed by atoms with van der Waals surface area (Å²) in [5.41, 5.74) is 1.20. The molecule has 0 spiro atoms. The molecule has 1 N–H and O–H groups in total. The van der Waals surface area contributed by atoms with Gasteiger partial charge in [0.2, 0.25) is 0 Å². The Balaban J connectivity index is 2.18. The molecule has 192 valence electrons. The first-order valence-corrected chi connectivity index (χ1v) is 13.5. The number of para-hydroxylation sites is 1. The molecular weight excluding hydrogens is 500 g/mol. The summed E-state index contributed by atoms with van der Waals surface area (Å²) in [7, 11) is -0.923. The maximum Gasteiger partial charge on any atom is 0.307 e. The van der Waals surface area contributed by atoms with Gasteiger partial charge in [0.25, 0.3) is 11.8 Å². The Morgan fingerprint density at radius 2 is 1.61 bits per heavy atom. The standard InChI is InChI=1S/C26H31ClN4O4S/c1-5-15-30(16-6-2)26(33)23(28-25(32)21-12-7-9-13-22(21)27)17-19-18-31(36(34,35)29(3)4)24-14-10-8-11-20(19)24/h7-14,17-18H,5-6,15-16H2,1-4H3,(H,28,32)/b23-17-. The van der Waals surface area contributed by atoms with Crippen molar-refractivity contribution < 1.29 is 18.0 Å². The van der Waals surface area contributed by atoms with Gasteiger partial charge in [0, 0.05) is 44.3 Å². The van der Waals surface area contributed by atoms with Crippen molar-refractivity contribution >= 4 is 50.6 Å². The molecule has 0 atom stereocenters. The largest absolute Gasteiger partial charge is 0.337 e. The second kappa shape index (κ2) is 11.7. The SMILES string of the molecule is CCCN(CCC)C(=O)/C(=C/c1cn(S(=O)(=O)N(C)C)c2ccccc12)NC(=O)c1ccccc1Cl. The number of hydrogen-bond acceptors (Lipinski definition) is 4. The lowest BCUT2D eigenvalue weighted by atomic mass is 10.1. The molecular formula is C26H31ClN4O4S. The summed E-state index contributed by atoms with van der Waals surface area (Å²) in [5.74, 6) is -0.885. The van der Waals surface area contributed by atoms with Gasteiger partial charge in [0.05, 0.1) is 16.1 Å². The number of fused-ring (bicyclic) bond motifs is 1. The fourth-order valence-corrected chi connectivity index (χ4v) is 5.05. The number of hydrogen-bond donors (Lipinski definition) is 1. The molecule has 0 bridgehead atoms. The van der Waals surface area contributed by atoms with Crippen molar-refractivity contribution in [1.82, 2.24) is 18.5 Å². The van der Waals surface area contributed by atoms with Crippen LogP contribution in [0.4, 0.5) is 0 Å². The minimum atomic E-state index is -3.82. The van der Waals surface area contributed by atoms with Gasteiger partial charge < -0.3 is 10.2 Å². The fourth-order valence-electron chi connectivity index (χ4n) is 3.82. The van der Waals surface area contributed by atoms with Gasteiger partial charge >= 0.3 is 10.2 Å². The molecule has 10 heteroatoms. The summed E-state index contributed by atoms with van der Waals surface area (Å²) >= 11 is 6.22. The highest BCUT2D eigenvalue weighted by atomic mass is 35.5. The molecule has 0 aliphatic heterocycles. The van der Waals surface area contributed by atoms with Crippen molar-refractivity contribution in [3.63, 3.8) is 0 Å². The summed E-state index contributed by atoms with van der Waals surface area (Å²) in [5, 5.41) is 3.61. The van der Waals surface area contributed by atoms with Crippen LogP contribution in [0.1, 0.15) is 42.6 Å². The Morgan fingerprint density at radius 3 is 2.22 bits per heavy atom. The Bertz CT molecular complexity index is 1390. The van der Waals surface area contributed by atoms with Gasteiger partial charge in [-0.15, -0.1) is 0 Å². The third-order valence-corrected chi connectivity index (χ3v) is 7.64. The first-order chi connectivity index (χ1) is 17.1. The van der Waals surface area contributed by atoms with E-state index in [0.717, 1.165) is 17.1 Å². The lowest BCUT2D eigenvalue weighted by Gasteiger charge is -2.23. The van der Waals surface area contributed by atoms with Crippen LogP contribution < -0.4 is 5.32 Å². The molecule has 0 radical (unpaired) electrons. The Labute approximate surface area is 217 Å². The zero-order valence-electron chi connectivity index (χ0n) is 20.9. The lowest BCUT2D eigenvalue weighted by molar-refractivity contribution is -0.127. The van der Waals surface area contributed by atoms with Crippen LogP contribution in [-0.4, -0.2) is 60.6 Å². The molecule has 3 aromatic rings. The highest BCUT2D eigenvalue weighted by Gasteiger charge is 2.24. The van der Waals surface area contributed by atoms with Crippen LogP contribution in [0.2, 0.25) is 5.02 Å². The smallest absolute Gasteiger partial charge is 0.307 e. The third kappa shape index (κ3) is 5.80. The van der Waals surface area contributed by atoms with E-state index >= 15 is 0 Å². The van der Waals surface area contributed by atoms with Crippen molar-refractivity contribution in [3.8, 4) is 0 Å². The number of rotatable bonds is 10. The molecule has 0 fully saturated rings. The van der Waals surface area contributed by atoms with Crippen LogP contribution in [0, 0.1) is 0 Å². The van der Waals surface area contributed by atoms with Crippen molar-refractivity contribution in [2.75, 3.05) is 27.2 Å². The van der Waals surface area contributed by atoms with Crippen molar-refractivity contribution in [3.05, 3.63) is 76.6 Å². The maximum atomic E-state index is 13.6. The van der Waals surface area contributed by atoms with Gasteiger partial charge in [0.15, 0.2) is 0 Å². The van der Waals surface area contributed by atoms with Crippen LogP contribution >= 0.6 is 11.6 Å². The average molecular weight is 531 g/mol. The summed E-state index contributed by atoms with van der Waals surface area (Å²) in [6, 6.07) is 13.6. The topological polar surface area (TPSA) is 91.7 Å². The van der Waals surface area contributed by atoms with Gasteiger partial charge in [-0.05, 0) is 37.1 Å². The van der Waals surface area contributed by atoms with E-state index in [9.17, 15) is 18.0 Å². The van der Waals surface area contributed by atoms with Crippen molar-refractivity contribution in [2.45, 2.75) is 26.7 Å². The predicted molar refractivity (Wildman–Crippen MR) is 144 cm³/mol. The van der Waals surface area contributed by atoms with Crippen molar-refractivity contribution in [1.29, 1.82) is 0 Å². The summed E-state index contributed by atoms with van der Waals surface area (Å²) in [6.45, 7) is 4.98. The second-order valence-electron chi connectivity index (χ2n) is 8.47. The number of amides is 2. The Kier molecular flexibility index (Phi) is 8.94. The van der Waals surface area contributed by atoms with E-state index in [1.54, 1.807) is 53.4 Å². The van der Waals surface area contributed by atoms with E-state index in [2.05, 4.69) is 5.32 Å². The molecule has 1 aromatic heterocycles. The first kappa shape index (κ1) is 27.4. The first-order valence-electron chi connectivity index (χ1n) is 11.7. The van der Waals surface area contributed by atoms with Gasteiger partial charge in [-0.2, -0.15) is 12.7 Å². The zero-order chi connectivity index (χ0) is 26.5. The molecule has 0 aliphatic carbocycles. The van der Waals surface area contributed by atoms with E-state index in [4.69, 9.17) is 11.6 Å². The quantitative estimate of drug-likeness (QED) is 0.394. The number of aromatic nitrogens is 1. The molecule has 1 heterocycles. The molecule has 2 amide bonds. The zero-order valence-corrected chi connectivity index (χ0v) is 22.4. The van der Waals surface area contributed by atoms with Crippen LogP contribution in [0.15, 0.2) is 60.4 Å². The molecule has 8 nitrogen and oxygen atoms in total. The van der Waals surface area contributed by atoms with Gasteiger partial charge in [-0.1, -0.05) is 55.8 Å². The van der Waals surface area contributed by atoms with E-state index in [1.807, 2.05) is 13.8 Å². The monoisotopic (exact) mass is 530 g/mol. The summed E-state index contributed by atoms with van der Waals surface area (Å²) in [4.78, 5) is 28.4. The fraction of sp³-hybridized carbons (Fsp3) is 0.308. The molecule has 2 aromatic carbocycles. The normalized spacial score (nSPS) is 12.2. The third-order valence-electron chi connectivity index (χ3n) is 5.59. The minimum absolute atomic E-state index is 0.0342. The van der Waals surface area contributed by atoms with E-state index < -0.39 is 16.1 Å². The van der Waals surface area contributed by atoms with Gasteiger partial charge in [-0.3, -0.25) is 9.59 Å². The molecule has 36 heavy (non-hydrogen) atoms. The number of carbonyl (C=O) groups is 2. The molecule has 0 saturated carbocycles. The van der Waals surface area contributed by atoms with Crippen LogP contribution in [-0.2, 0) is 15.0 Å². The Morgan fingerprint density at radius 1 is 1.00 bits per heavy atom. The molecule has 3 rings (SSSR count). The average Bonchev–Trinajstić information content (AvgIpc) is 3.22. The second-order valence-corrected chi connectivity index (χ2v) is 10.9. The van der Waals surface area contributed by atoms with Crippen LogP contribution in [0.3, 0.4) is 0 Å². The van der Waals surface area contributed by atoms with Gasteiger partial charge in [0.1, 0.15) is 5.70 Å². The van der Waals surface area contributed by atoms with Crippen LogP contribution in [0.25, 0.3) is 17.0 Å². The number of benzene rings is 2. The molecule has 0 aliphatic rings. The Hall–Kier alpha value is -3.14. The number of nitrogens with one attached hydrogen (secondary N) is 1. The minimum Gasteiger partial charge on any atom is -0.337 e. The summed E-state index contributed by atoms with van der Waals surface area (Å²) in [6.07, 6.45) is 4.48. The predicted octanol–water partition coefficient (Wildman–Crippen LogP) is 4.37. The number of halogens is 1. The maximum absolute atomic E-state index is 13.6. The highest BCUT2D eigenvalue weighted by molar-refractivity contribution is 7.87. The number of carbonyl (C=O) groups excluding carboxylic acids is 2. The van der Waals surface area contributed by atoms with Crippen LogP contribution in [0.5, 0.6) is 0 Å². The van der Waals surface area contributed by atoms with E-state index in [0.29, 0.717) is 29.6 Å². The van der Waals surface area contributed by atoms with Crippen molar-refractivity contribution in [2.24, 2.45) is 0 Å². The van der Waals surface area contributed by atoms with Gasteiger partial charge in [-0.25, -0.2) is 3.97 Å². The van der Waals surface area contributed by atoms with E-state index in [-0.39, 0.29) is 22.2 Å². The number of nitrogens with zero attached hydrogens (tertiary/aromatic N) is 3. The summed E-state index contributed by atoms with van der Waals surface area (Å²) < 4.78 is 28.2. The van der Waals surface area contributed by atoms with E-state index in [1.165, 1.54) is 30.3 Å². The molecule has 0 unspecified atom stereocenters. The molecule has 0 saturated heterocycles. The lowest BCUT2D eigenvalue weighted by Crippen LogP contribution is -2.39. The highest BCUT2D eigenvalue weighted by Crippen LogP contribution is 2.26.